The molecule has 0 unspecified atom stereocenters. The smallest absolute Gasteiger partial charge is 0.273 e. The predicted molar refractivity (Wildman–Crippen MR) is 83.6 cm³/mol. The number of nitrogens with one attached hydrogen (secondary N) is 3. The van der Waals surface area contributed by atoms with Gasteiger partial charge in [0.15, 0.2) is 11.5 Å². The van der Waals surface area contributed by atoms with Gasteiger partial charge >= 0.3 is 0 Å². The van der Waals surface area contributed by atoms with Crippen LogP contribution >= 0.6 is 0 Å². The number of rotatable bonds is 6. The van der Waals surface area contributed by atoms with E-state index in [1.54, 1.807) is 6.07 Å². The molecule has 2 amide bonds. The maximum atomic E-state index is 12.0. The number of nitrogens with zero attached hydrogens (tertiary/aromatic N) is 1. The molecule has 1 saturated heterocycles. The molecule has 1 aliphatic rings. The van der Waals surface area contributed by atoms with Crippen LogP contribution in [0.15, 0.2) is 40.9 Å². The van der Waals surface area contributed by atoms with Gasteiger partial charge in [-0.25, -0.2) is 0 Å². The van der Waals surface area contributed by atoms with Crippen LogP contribution in [0.5, 0.6) is 0 Å². The van der Waals surface area contributed by atoms with Crippen molar-refractivity contribution in [3.63, 3.8) is 0 Å². The van der Waals surface area contributed by atoms with E-state index in [2.05, 4.69) is 21.1 Å². The highest BCUT2D eigenvalue weighted by molar-refractivity contribution is 5.95. The molecule has 3 N–H and O–H groups in total. The van der Waals surface area contributed by atoms with Crippen LogP contribution < -0.4 is 16.0 Å². The Morgan fingerprint density at radius 3 is 2.70 bits per heavy atom. The highest BCUT2D eigenvalue weighted by Gasteiger charge is 2.18. The summed E-state index contributed by atoms with van der Waals surface area (Å²) in [5, 5.41) is 12.2. The van der Waals surface area contributed by atoms with Crippen LogP contribution in [0, 0.1) is 5.92 Å². The molecule has 2 heterocycles. The molecule has 0 aliphatic carbocycles. The molecule has 7 nitrogen and oxygen atoms in total. The first kappa shape index (κ1) is 15.2. The average molecular weight is 314 g/mol. The SMILES string of the molecule is O=C(CNC(=O)c1cc(-c2ccccc2)on1)NCC1CNC1. The van der Waals surface area contributed by atoms with Crippen molar-refractivity contribution in [2.24, 2.45) is 5.92 Å². The zero-order chi connectivity index (χ0) is 16.1. The second-order valence-electron chi connectivity index (χ2n) is 5.45. The molecule has 0 spiro atoms. The van der Waals surface area contributed by atoms with Crippen molar-refractivity contribution in [1.29, 1.82) is 0 Å². The summed E-state index contributed by atoms with van der Waals surface area (Å²) in [5.41, 5.74) is 0.991. The van der Waals surface area contributed by atoms with E-state index in [9.17, 15) is 9.59 Å². The van der Waals surface area contributed by atoms with Crippen LogP contribution in [-0.4, -0.2) is 43.2 Å². The third kappa shape index (κ3) is 3.95. The fraction of sp³-hybridized carbons (Fsp3) is 0.312. The van der Waals surface area contributed by atoms with Crippen LogP contribution in [0.25, 0.3) is 11.3 Å². The molecule has 1 aromatic carbocycles. The standard InChI is InChI=1S/C16H18N4O3/c21-15(18-9-11-7-17-8-11)10-19-16(22)13-6-14(23-20-13)12-4-2-1-3-5-12/h1-6,11,17H,7-10H2,(H,18,21)(H,19,22). The van der Waals surface area contributed by atoms with Crippen molar-refractivity contribution in [2.45, 2.75) is 0 Å². The lowest BCUT2D eigenvalue weighted by Gasteiger charge is -2.27. The third-order valence-corrected chi connectivity index (χ3v) is 3.66. The van der Waals surface area contributed by atoms with Gasteiger partial charge in [-0.3, -0.25) is 9.59 Å². The Morgan fingerprint density at radius 1 is 1.22 bits per heavy atom. The van der Waals surface area contributed by atoms with Crippen molar-refractivity contribution in [2.75, 3.05) is 26.2 Å². The zero-order valence-electron chi connectivity index (χ0n) is 12.5. The van der Waals surface area contributed by atoms with Crippen LogP contribution in [0.3, 0.4) is 0 Å². The lowest BCUT2D eigenvalue weighted by molar-refractivity contribution is -0.120. The summed E-state index contributed by atoms with van der Waals surface area (Å²) in [4.78, 5) is 23.6. The summed E-state index contributed by atoms with van der Waals surface area (Å²) in [6.07, 6.45) is 0. The van der Waals surface area contributed by atoms with Gasteiger partial charge in [0.25, 0.3) is 5.91 Å². The van der Waals surface area contributed by atoms with E-state index in [1.807, 2.05) is 30.3 Å². The molecule has 1 aromatic heterocycles. The number of amides is 2. The number of hydrogen-bond acceptors (Lipinski definition) is 5. The van der Waals surface area contributed by atoms with Crippen molar-refractivity contribution >= 4 is 11.8 Å². The second-order valence-corrected chi connectivity index (χ2v) is 5.45. The molecular weight excluding hydrogens is 296 g/mol. The number of benzene rings is 1. The van der Waals surface area contributed by atoms with Crippen molar-refractivity contribution < 1.29 is 14.1 Å². The molecule has 3 rings (SSSR count). The van der Waals surface area contributed by atoms with Gasteiger partial charge < -0.3 is 20.5 Å². The Bertz CT molecular complexity index is 680. The van der Waals surface area contributed by atoms with Crippen molar-refractivity contribution in [3.05, 3.63) is 42.1 Å². The molecule has 0 atom stereocenters. The van der Waals surface area contributed by atoms with Crippen LogP contribution in [0.2, 0.25) is 0 Å². The molecular formula is C16H18N4O3. The Labute approximate surface area is 133 Å². The molecule has 0 bridgehead atoms. The molecule has 7 heteroatoms. The Morgan fingerprint density at radius 2 is 2.00 bits per heavy atom. The van der Waals surface area contributed by atoms with E-state index >= 15 is 0 Å². The first-order valence-corrected chi connectivity index (χ1v) is 7.50. The van der Waals surface area contributed by atoms with Gasteiger partial charge in [-0.15, -0.1) is 0 Å². The monoisotopic (exact) mass is 314 g/mol. The number of aromatic nitrogens is 1. The maximum Gasteiger partial charge on any atom is 0.273 e. The average Bonchev–Trinajstić information content (AvgIpc) is 3.02. The van der Waals surface area contributed by atoms with E-state index in [1.165, 1.54) is 0 Å². The summed E-state index contributed by atoms with van der Waals surface area (Å²) in [6, 6.07) is 10.9. The number of carbonyl (C=O) groups is 2. The van der Waals surface area contributed by atoms with Gasteiger partial charge in [0.1, 0.15) is 0 Å². The van der Waals surface area contributed by atoms with E-state index in [4.69, 9.17) is 4.52 Å². The van der Waals surface area contributed by atoms with Gasteiger partial charge in [-0.1, -0.05) is 35.5 Å². The largest absolute Gasteiger partial charge is 0.355 e. The minimum atomic E-state index is -0.434. The fourth-order valence-electron chi connectivity index (χ4n) is 2.19. The Hall–Kier alpha value is -2.67. The summed E-state index contributed by atoms with van der Waals surface area (Å²) in [7, 11) is 0. The summed E-state index contributed by atoms with van der Waals surface area (Å²) in [5.74, 6) is 0.352. The predicted octanol–water partition coefficient (Wildman–Crippen LogP) is 0.407. The molecule has 0 radical (unpaired) electrons. The third-order valence-electron chi connectivity index (χ3n) is 3.66. The van der Waals surface area contributed by atoms with Crippen LogP contribution in [0.4, 0.5) is 0 Å². The van der Waals surface area contributed by atoms with Crippen molar-refractivity contribution in [1.82, 2.24) is 21.1 Å². The summed E-state index contributed by atoms with van der Waals surface area (Å²) >= 11 is 0. The molecule has 1 aliphatic heterocycles. The Kier molecular flexibility index (Phi) is 4.68. The van der Waals surface area contributed by atoms with E-state index in [0.717, 1.165) is 18.7 Å². The van der Waals surface area contributed by atoms with Gasteiger partial charge in [0.05, 0.1) is 6.54 Å². The van der Waals surface area contributed by atoms with E-state index in [0.29, 0.717) is 18.2 Å². The van der Waals surface area contributed by atoms with E-state index in [-0.39, 0.29) is 18.1 Å². The van der Waals surface area contributed by atoms with Gasteiger partial charge in [0.2, 0.25) is 5.91 Å². The molecule has 2 aromatic rings. The van der Waals surface area contributed by atoms with E-state index < -0.39 is 5.91 Å². The Balaban J connectivity index is 1.48. The summed E-state index contributed by atoms with van der Waals surface area (Å²) in [6.45, 7) is 2.40. The molecule has 23 heavy (non-hydrogen) atoms. The fourth-order valence-corrected chi connectivity index (χ4v) is 2.19. The zero-order valence-corrected chi connectivity index (χ0v) is 12.5. The van der Waals surface area contributed by atoms with Gasteiger partial charge in [-0.05, 0) is 0 Å². The normalized spacial score (nSPS) is 14.1. The first-order chi connectivity index (χ1) is 11.2. The van der Waals surface area contributed by atoms with Crippen molar-refractivity contribution in [3.8, 4) is 11.3 Å². The van der Waals surface area contributed by atoms with Gasteiger partial charge in [-0.2, -0.15) is 0 Å². The number of hydrogen-bond donors (Lipinski definition) is 3. The quantitative estimate of drug-likeness (QED) is 0.717. The maximum absolute atomic E-state index is 12.0. The molecule has 1 fully saturated rings. The second kappa shape index (κ2) is 7.06. The van der Waals surface area contributed by atoms with Gasteiger partial charge in [0, 0.05) is 37.2 Å². The minimum Gasteiger partial charge on any atom is -0.355 e. The topological polar surface area (TPSA) is 96.3 Å². The summed E-state index contributed by atoms with van der Waals surface area (Å²) < 4.78 is 5.16. The van der Waals surface area contributed by atoms with Crippen LogP contribution in [-0.2, 0) is 4.79 Å². The van der Waals surface area contributed by atoms with Crippen LogP contribution in [0.1, 0.15) is 10.5 Å². The lowest BCUT2D eigenvalue weighted by atomic mass is 10.0. The minimum absolute atomic E-state index is 0.0769. The lowest BCUT2D eigenvalue weighted by Crippen LogP contribution is -2.49. The number of carbonyl (C=O) groups excluding carboxylic acids is 2. The molecule has 120 valence electrons. The highest BCUT2D eigenvalue weighted by Crippen LogP contribution is 2.19. The first-order valence-electron chi connectivity index (χ1n) is 7.50. The molecule has 0 saturated carbocycles. The highest BCUT2D eigenvalue weighted by atomic mass is 16.5.